The number of rotatable bonds is 6. The Morgan fingerprint density at radius 1 is 0.902 bits per heavy atom. The minimum absolute atomic E-state index is 0.0300. The lowest BCUT2D eigenvalue weighted by Gasteiger charge is -2.38. The lowest BCUT2D eigenvalue weighted by atomic mass is 9.72. The zero-order chi connectivity index (χ0) is 29.2. The first kappa shape index (κ1) is 28.2. The molecule has 1 aliphatic carbocycles. The van der Waals surface area contributed by atoms with E-state index in [0.717, 1.165) is 16.7 Å². The predicted molar refractivity (Wildman–Crippen MR) is 155 cm³/mol. The van der Waals surface area contributed by atoms with Gasteiger partial charge in [0, 0.05) is 25.6 Å². The van der Waals surface area contributed by atoms with Gasteiger partial charge in [-0.3, -0.25) is 4.79 Å². The molecule has 1 fully saturated rings. The van der Waals surface area contributed by atoms with Crippen LogP contribution in [0.15, 0.2) is 72.8 Å². The first-order valence-corrected chi connectivity index (χ1v) is 14.0. The molecule has 3 aromatic rings. The summed E-state index contributed by atoms with van der Waals surface area (Å²) in [7, 11) is 0. The van der Waals surface area contributed by atoms with Gasteiger partial charge in [0.25, 0.3) is 0 Å². The first-order valence-electron chi connectivity index (χ1n) is 14.0. The molecule has 2 N–H and O–H groups in total. The van der Waals surface area contributed by atoms with Crippen LogP contribution in [0.25, 0.3) is 11.1 Å². The fourth-order valence-electron chi connectivity index (χ4n) is 5.81. The molecule has 1 saturated heterocycles. The van der Waals surface area contributed by atoms with Crippen molar-refractivity contribution in [3.8, 4) is 11.1 Å². The predicted octanol–water partition coefficient (Wildman–Crippen LogP) is 6.08. The average molecular weight is 557 g/mol. The first-order chi connectivity index (χ1) is 19.6. The van der Waals surface area contributed by atoms with Gasteiger partial charge in [-0.15, -0.1) is 0 Å². The van der Waals surface area contributed by atoms with Crippen LogP contribution in [0.3, 0.4) is 0 Å². The van der Waals surface area contributed by atoms with E-state index in [9.17, 15) is 19.5 Å². The molecule has 0 spiro atoms. The molecule has 1 heterocycles. The van der Waals surface area contributed by atoms with Crippen LogP contribution in [0.1, 0.15) is 61.8 Å². The molecule has 2 amide bonds. The number of nitrogens with one attached hydrogen (secondary N) is 1. The molecule has 0 bridgehead atoms. The fraction of sp³-hybridized carbons (Fsp3) is 0.364. The summed E-state index contributed by atoms with van der Waals surface area (Å²) in [5.74, 6) is -0.943. The lowest BCUT2D eigenvalue weighted by molar-refractivity contribution is -0.145. The second-order valence-corrected chi connectivity index (χ2v) is 11.7. The van der Waals surface area contributed by atoms with Crippen molar-refractivity contribution in [2.75, 3.05) is 19.7 Å². The van der Waals surface area contributed by atoms with Gasteiger partial charge in [0.15, 0.2) is 0 Å². The number of carboxylic acid groups (broad SMARTS) is 1. The van der Waals surface area contributed by atoms with Gasteiger partial charge in [-0.2, -0.15) is 0 Å². The Bertz CT molecular complexity index is 1390. The molecular formula is C33H36N2O6. The highest BCUT2D eigenvalue weighted by Gasteiger charge is 2.44. The molecule has 0 atom stereocenters. The molecule has 41 heavy (non-hydrogen) atoms. The van der Waals surface area contributed by atoms with Crippen molar-refractivity contribution < 1.29 is 29.0 Å². The molecular weight excluding hydrogens is 520 g/mol. The SMILES string of the molecule is CC(C)(C)OC(=O)NCc1ccc(C2(C(=O)O)CCN(C(=O)OCC3c4ccccc4-c4ccccc43)CC2)cc1. The molecule has 8 heteroatoms. The number of benzene rings is 3. The smallest absolute Gasteiger partial charge is 0.409 e. The summed E-state index contributed by atoms with van der Waals surface area (Å²) in [4.78, 5) is 39.1. The minimum Gasteiger partial charge on any atom is -0.481 e. The monoisotopic (exact) mass is 556 g/mol. The molecule has 3 aromatic carbocycles. The molecule has 0 radical (unpaired) electrons. The highest BCUT2D eigenvalue weighted by Crippen LogP contribution is 2.44. The third-order valence-corrected chi connectivity index (χ3v) is 7.96. The maximum atomic E-state index is 13.1. The normalized spacial score (nSPS) is 15.9. The maximum Gasteiger partial charge on any atom is 0.409 e. The van der Waals surface area contributed by atoms with Crippen LogP contribution in [-0.4, -0.2) is 53.5 Å². The number of amides is 2. The van der Waals surface area contributed by atoms with Crippen molar-refractivity contribution in [3.05, 3.63) is 95.1 Å². The molecule has 8 nitrogen and oxygen atoms in total. The van der Waals surface area contributed by atoms with Crippen molar-refractivity contribution in [1.82, 2.24) is 10.2 Å². The number of carbonyl (C=O) groups excluding carboxylic acids is 2. The number of alkyl carbamates (subject to hydrolysis) is 1. The number of fused-ring (bicyclic) bond motifs is 3. The number of piperidine rings is 1. The maximum absolute atomic E-state index is 13.1. The van der Waals surface area contributed by atoms with E-state index in [2.05, 4.69) is 29.6 Å². The summed E-state index contributed by atoms with van der Waals surface area (Å²) in [6.07, 6.45) is -0.372. The van der Waals surface area contributed by atoms with E-state index in [1.54, 1.807) is 37.8 Å². The van der Waals surface area contributed by atoms with E-state index in [1.807, 2.05) is 36.4 Å². The second kappa shape index (κ2) is 11.3. The van der Waals surface area contributed by atoms with Crippen LogP contribution in [0.4, 0.5) is 9.59 Å². The fourth-order valence-corrected chi connectivity index (χ4v) is 5.81. The minimum atomic E-state index is -1.10. The molecule has 1 aliphatic heterocycles. The molecule has 2 aliphatic rings. The number of nitrogens with zero attached hydrogens (tertiary/aromatic N) is 1. The second-order valence-electron chi connectivity index (χ2n) is 11.7. The number of carboxylic acids is 1. The summed E-state index contributed by atoms with van der Waals surface area (Å²) >= 11 is 0. The Kier molecular flexibility index (Phi) is 7.76. The van der Waals surface area contributed by atoms with Gasteiger partial charge in [-0.1, -0.05) is 72.8 Å². The third-order valence-electron chi connectivity index (χ3n) is 7.96. The molecule has 0 aromatic heterocycles. The van der Waals surface area contributed by atoms with E-state index in [1.165, 1.54) is 11.1 Å². The summed E-state index contributed by atoms with van der Waals surface area (Å²) in [6, 6.07) is 23.6. The summed E-state index contributed by atoms with van der Waals surface area (Å²) in [5, 5.41) is 13.0. The number of aliphatic carboxylic acids is 1. The summed E-state index contributed by atoms with van der Waals surface area (Å²) in [6.45, 7) is 6.45. The average Bonchev–Trinajstić information content (AvgIpc) is 3.28. The molecule has 214 valence electrons. The van der Waals surface area contributed by atoms with Crippen LogP contribution >= 0.6 is 0 Å². The van der Waals surface area contributed by atoms with Gasteiger partial charge in [-0.25, -0.2) is 9.59 Å². The van der Waals surface area contributed by atoms with Crippen LogP contribution in [0.2, 0.25) is 0 Å². The van der Waals surface area contributed by atoms with Crippen LogP contribution in [0, 0.1) is 0 Å². The van der Waals surface area contributed by atoms with Crippen molar-refractivity contribution in [3.63, 3.8) is 0 Å². The lowest BCUT2D eigenvalue weighted by Crippen LogP contribution is -2.49. The number of hydrogen-bond donors (Lipinski definition) is 2. The molecule has 5 rings (SSSR count). The zero-order valence-electron chi connectivity index (χ0n) is 23.7. The van der Waals surface area contributed by atoms with Crippen molar-refractivity contribution >= 4 is 18.2 Å². The van der Waals surface area contributed by atoms with Crippen LogP contribution in [-0.2, 0) is 26.2 Å². The van der Waals surface area contributed by atoms with Gasteiger partial charge < -0.3 is 24.8 Å². The van der Waals surface area contributed by atoms with Gasteiger partial charge in [0.1, 0.15) is 12.2 Å². The van der Waals surface area contributed by atoms with Gasteiger partial charge in [-0.05, 0) is 67.0 Å². The van der Waals surface area contributed by atoms with Crippen molar-refractivity contribution in [2.45, 2.75) is 57.1 Å². The molecule has 0 saturated carbocycles. The zero-order valence-corrected chi connectivity index (χ0v) is 23.7. The molecule has 0 unspecified atom stereocenters. The highest BCUT2D eigenvalue weighted by atomic mass is 16.6. The van der Waals surface area contributed by atoms with Crippen LogP contribution in [0.5, 0.6) is 0 Å². The van der Waals surface area contributed by atoms with E-state index >= 15 is 0 Å². The topological polar surface area (TPSA) is 105 Å². The number of carbonyl (C=O) groups is 3. The quantitative estimate of drug-likeness (QED) is 0.381. The van der Waals surface area contributed by atoms with Gasteiger partial charge in [0.2, 0.25) is 0 Å². The Morgan fingerprint density at radius 2 is 1.46 bits per heavy atom. The van der Waals surface area contributed by atoms with E-state index in [-0.39, 0.29) is 45.0 Å². The largest absolute Gasteiger partial charge is 0.481 e. The number of likely N-dealkylation sites (tertiary alicyclic amines) is 1. The Balaban J connectivity index is 1.19. The van der Waals surface area contributed by atoms with Gasteiger partial charge in [0.05, 0.1) is 5.41 Å². The van der Waals surface area contributed by atoms with Crippen LogP contribution < -0.4 is 5.32 Å². The van der Waals surface area contributed by atoms with Crippen molar-refractivity contribution in [2.24, 2.45) is 0 Å². The Morgan fingerprint density at radius 3 is 2.00 bits per heavy atom. The van der Waals surface area contributed by atoms with E-state index in [0.29, 0.717) is 5.56 Å². The van der Waals surface area contributed by atoms with Gasteiger partial charge >= 0.3 is 18.2 Å². The summed E-state index contributed by atoms with van der Waals surface area (Å²) in [5.41, 5.74) is 4.45. The highest BCUT2D eigenvalue weighted by molar-refractivity contribution is 5.82. The Hall–Kier alpha value is -4.33. The van der Waals surface area contributed by atoms with E-state index in [4.69, 9.17) is 9.47 Å². The number of hydrogen-bond acceptors (Lipinski definition) is 5. The standard InChI is InChI=1S/C33H36N2O6/c1-32(2,3)41-30(38)34-20-22-12-14-23(15-13-22)33(29(36)37)16-18-35(19-17-33)31(39)40-21-28-26-10-6-4-8-24(26)25-9-5-7-11-27(25)28/h4-15,28H,16-21H2,1-3H3,(H,34,38)(H,36,37). The van der Waals surface area contributed by atoms with E-state index < -0.39 is 29.2 Å². The third kappa shape index (κ3) is 5.92. The number of ether oxygens (including phenoxy) is 2. The Labute approximate surface area is 240 Å². The van der Waals surface area contributed by atoms with Crippen molar-refractivity contribution in [1.29, 1.82) is 0 Å². The summed E-state index contributed by atoms with van der Waals surface area (Å²) < 4.78 is 11.1.